The van der Waals surface area contributed by atoms with Crippen molar-refractivity contribution in [3.63, 3.8) is 0 Å². The Morgan fingerprint density at radius 3 is 2.31 bits per heavy atom. The summed E-state index contributed by atoms with van der Waals surface area (Å²) in [7, 11) is 0. The highest BCUT2D eigenvalue weighted by molar-refractivity contribution is 6.00. The molecule has 2 aromatic carbocycles. The van der Waals surface area contributed by atoms with Gasteiger partial charge in [0, 0.05) is 17.3 Å². The Morgan fingerprint density at radius 1 is 0.943 bits per heavy atom. The zero-order chi connectivity index (χ0) is 24.4. The average molecular weight is 474 g/mol. The molecule has 2 heterocycles. The first-order chi connectivity index (χ1) is 17.0. The van der Waals surface area contributed by atoms with Crippen molar-refractivity contribution in [3.05, 3.63) is 83.8 Å². The number of nitrogens with one attached hydrogen (secondary N) is 1. The van der Waals surface area contributed by atoms with E-state index >= 15 is 0 Å². The number of aromatic nitrogens is 1. The van der Waals surface area contributed by atoms with E-state index < -0.39 is 5.54 Å². The summed E-state index contributed by atoms with van der Waals surface area (Å²) in [4.78, 5) is 29.3. The largest absolute Gasteiger partial charge is 0.351 e. The van der Waals surface area contributed by atoms with Crippen LogP contribution in [-0.4, -0.2) is 32.9 Å². The van der Waals surface area contributed by atoms with Crippen molar-refractivity contribution in [2.24, 2.45) is 0 Å². The van der Waals surface area contributed by atoms with Gasteiger partial charge in [0.15, 0.2) is 0 Å². The number of amides is 2. The fourth-order valence-electron chi connectivity index (χ4n) is 5.44. The van der Waals surface area contributed by atoms with E-state index in [0.717, 1.165) is 36.9 Å². The van der Waals surface area contributed by atoms with Crippen LogP contribution in [0.3, 0.4) is 0 Å². The van der Waals surface area contributed by atoms with E-state index in [4.69, 9.17) is 0 Å². The third-order valence-corrected chi connectivity index (χ3v) is 7.54. The number of hydrogen-bond donors (Lipinski definition) is 1. The van der Waals surface area contributed by atoms with Gasteiger partial charge in [0.1, 0.15) is 17.1 Å². The Labute approximate surface area is 205 Å². The Balaban J connectivity index is 1.54. The van der Waals surface area contributed by atoms with Crippen LogP contribution in [-0.2, 0) is 17.9 Å². The topological polar surface area (TPSA) is 54.3 Å². The van der Waals surface area contributed by atoms with Gasteiger partial charge in [0.25, 0.3) is 5.91 Å². The van der Waals surface area contributed by atoms with Gasteiger partial charge in [-0.05, 0) is 43.5 Å². The molecule has 0 spiro atoms. The molecule has 3 aromatic rings. The van der Waals surface area contributed by atoms with E-state index in [2.05, 4.69) is 5.32 Å². The molecule has 5 rings (SSSR count). The molecule has 1 aromatic heterocycles. The SMILES string of the molecule is C[C@]1(C(=O)NC2CCCCCC2)Cn2c(ccc2-c2ccccc2)C(=O)N1Cc1ccccc1F. The fraction of sp³-hybridized carbons (Fsp3) is 0.379. The summed E-state index contributed by atoms with van der Waals surface area (Å²) in [5, 5.41) is 3.26. The molecule has 35 heavy (non-hydrogen) atoms. The lowest BCUT2D eigenvalue weighted by atomic mass is 9.92. The highest BCUT2D eigenvalue weighted by Gasteiger charge is 2.48. The van der Waals surface area contributed by atoms with Crippen molar-refractivity contribution in [2.75, 3.05) is 0 Å². The second-order valence-electron chi connectivity index (χ2n) is 9.97. The van der Waals surface area contributed by atoms with E-state index in [1.165, 1.54) is 18.9 Å². The Hall–Kier alpha value is -3.41. The number of hydrogen-bond acceptors (Lipinski definition) is 2. The lowest BCUT2D eigenvalue weighted by Crippen LogP contribution is -2.64. The van der Waals surface area contributed by atoms with Crippen LogP contribution in [0.15, 0.2) is 66.7 Å². The Bertz CT molecular complexity index is 1210. The lowest BCUT2D eigenvalue weighted by Gasteiger charge is -2.45. The fourth-order valence-corrected chi connectivity index (χ4v) is 5.44. The van der Waals surface area contributed by atoms with Gasteiger partial charge in [-0.25, -0.2) is 4.39 Å². The van der Waals surface area contributed by atoms with Gasteiger partial charge in [-0.2, -0.15) is 0 Å². The van der Waals surface area contributed by atoms with Crippen LogP contribution in [0.2, 0.25) is 0 Å². The lowest BCUT2D eigenvalue weighted by molar-refractivity contribution is -0.134. The number of rotatable bonds is 5. The molecule has 1 aliphatic carbocycles. The predicted octanol–water partition coefficient (Wildman–Crippen LogP) is 5.55. The molecule has 1 saturated carbocycles. The molecule has 182 valence electrons. The molecule has 0 radical (unpaired) electrons. The summed E-state index contributed by atoms with van der Waals surface area (Å²) >= 11 is 0. The molecule has 5 nitrogen and oxygen atoms in total. The second-order valence-corrected chi connectivity index (χ2v) is 9.97. The molecule has 1 atom stereocenters. The number of halogens is 1. The highest BCUT2D eigenvalue weighted by atomic mass is 19.1. The number of fused-ring (bicyclic) bond motifs is 1. The molecule has 1 fully saturated rings. The Morgan fingerprint density at radius 2 is 1.60 bits per heavy atom. The van der Waals surface area contributed by atoms with E-state index in [1.807, 2.05) is 54.0 Å². The van der Waals surface area contributed by atoms with Crippen LogP contribution in [0.25, 0.3) is 11.3 Å². The minimum absolute atomic E-state index is 0.0337. The van der Waals surface area contributed by atoms with Crippen LogP contribution in [0.4, 0.5) is 4.39 Å². The zero-order valence-electron chi connectivity index (χ0n) is 20.2. The quantitative estimate of drug-likeness (QED) is 0.494. The first kappa shape index (κ1) is 23.3. The maximum absolute atomic E-state index is 14.6. The highest BCUT2D eigenvalue weighted by Crippen LogP contribution is 2.34. The molecule has 0 unspecified atom stereocenters. The van der Waals surface area contributed by atoms with Crippen molar-refractivity contribution < 1.29 is 14.0 Å². The molecular weight excluding hydrogens is 441 g/mol. The first-order valence-corrected chi connectivity index (χ1v) is 12.6. The van der Waals surface area contributed by atoms with Crippen molar-refractivity contribution in [1.29, 1.82) is 0 Å². The van der Waals surface area contributed by atoms with Crippen LogP contribution >= 0.6 is 0 Å². The minimum Gasteiger partial charge on any atom is -0.351 e. The second kappa shape index (κ2) is 9.68. The monoisotopic (exact) mass is 473 g/mol. The van der Waals surface area contributed by atoms with Crippen molar-refractivity contribution >= 4 is 11.8 Å². The number of carbonyl (C=O) groups excluding carboxylic acids is 2. The van der Waals surface area contributed by atoms with E-state index in [1.54, 1.807) is 23.1 Å². The van der Waals surface area contributed by atoms with Gasteiger partial charge in [-0.1, -0.05) is 74.2 Å². The number of carbonyl (C=O) groups is 2. The van der Waals surface area contributed by atoms with Crippen LogP contribution in [0.1, 0.15) is 61.5 Å². The average Bonchev–Trinajstić information content (AvgIpc) is 3.11. The summed E-state index contributed by atoms with van der Waals surface area (Å²) in [6, 6.07) is 20.2. The van der Waals surface area contributed by atoms with Gasteiger partial charge in [-0.15, -0.1) is 0 Å². The summed E-state index contributed by atoms with van der Waals surface area (Å²) < 4.78 is 16.6. The third-order valence-electron chi connectivity index (χ3n) is 7.54. The standard InChI is InChI=1S/C29H32FN3O2/c1-29(28(35)31-23-14-7-2-3-8-15-23)20-32-25(21-11-5-4-6-12-21)17-18-26(32)27(34)33(29)19-22-13-9-10-16-24(22)30/h4-6,9-13,16-18,23H,2-3,7-8,14-15,19-20H2,1H3,(H,31,35)/t29-/m1/s1. The zero-order valence-corrected chi connectivity index (χ0v) is 20.2. The summed E-state index contributed by atoms with van der Waals surface area (Å²) in [6.07, 6.45) is 6.47. The van der Waals surface area contributed by atoms with Gasteiger partial charge in [0.05, 0.1) is 13.1 Å². The summed E-state index contributed by atoms with van der Waals surface area (Å²) in [5.41, 5.74) is 1.63. The van der Waals surface area contributed by atoms with Crippen molar-refractivity contribution in [1.82, 2.24) is 14.8 Å². The minimum atomic E-state index is -1.17. The number of benzene rings is 2. The van der Waals surface area contributed by atoms with Crippen LogP contribution < -0.4 is 5.32 Å². The normalized spacial score (nSPS) is 20.9. The molecule has 2 aliphatic rings. The Kier molecular flexibility index (Phi) is 6.46. The van der Waals surface area contributed by atoms with Crippen LogP contribution in [0, 0.1) is 5.82 Å². The molecule has 2 amide bonds. The maximum Gasteiger partial charge on any atom is 0.271 e. The molecule has 0 saturated heterocycles. The van der Waals surface area contributed by atoms with Crippen molar-refractivity contribution in [3.8, 4) is 11.3 Å². The van der Waals surface area contributed by atoms with Crippen LogP contribution in [0.5, 0.6) is 0 Å². The smallest absolute Gasteiger partial charge is 0.271 e. The van der Waals surface area contributed by atoms with Gasteiger partial charge >= 0.3 is 0 Å². The van der Waals surface area contributed by atoms with E-state index in [-0.39, 0.29) is 30.2 Å². The van der Waals surface area contributed by atoms with Gasteiger partial charge in [0.2, 0.25) is 5.91 Å². The molecule has 6 heteroatoms. The summed E-state index contributed by atoms with van der Waals surface area (Å²) in [6.45, 7) is 2.15. The first-order valence-electron chi connectivity index (χ1n) is 12.6. The molecule has 1 N–H and O–H groups in total. The molecule has 1 aliphatic heterocycles. The third kappa shape index (κ3) is 4.49. The maximum atomic E-state index is 14.6. The van der Waals surface area contributed by atoms with Gasteiger partial charge in [-0.3, -0.25) is 9.59 Å². The molecule has 0 bridgehead atoms. The van der Waals surface area contributed by atoms with Gasteiger partial charge < -0.3 is 14.8 Å². The van der Waals surface area contributed by atoms with E-state index in [0.29, 0.717) is 17.8 Å². The summed E-state index contributed by atoms with van der Waals surface area (Å²) in [5.74, 6) is -0.814. The predicted molar refractivity (Wildman–Crippen MR) is 134 cm³/mol. The van der Waals surface area contributed by atoms with Crippen molar-refractivity contribution in [2.45, 2.75) is 70.1 Å². The number of nitrogens with zero attached hydrogens (tertiary/aromatic N) is 2. The van der Waals surface area contributed by atoms with E-state index in [9.17, 15) is 14.0 Å². The molecular formula is C29H32FN3O2.